The highest BCUT2D eigenvalue weighted by Crippen LogP contribution is 2.34. The van der Waals surface area contributed by atoms with Crippen LogP contribution in [0.5, 0.6) is 0 Å². The summed E-state index contributed by atoms with van der Waals surface area (Å²) in [6.45, 7) is 4.24. The molecule has 0 aliphatic rings. The SMILES string of the molecule is CCc1ccc(-c2cc(-c3ccccc3)c3c(C)nn(-c4ccccc4)c3n2)cc1. The van der Waals surface area contributed by atoms with E-state index in [1.54, 1.807) is 0 Å². The van der Waals surface area contributed by atoms with Gasteiger partial charge in [-0.05, 0) is 48.2 Å². The first-order valence-electron chi connectivity index (χ1n) is 10.3. The van der Waals surface area contributed by atoms with Crippen LogP contribution in [0.2, 0.25) is 0 Å². The summed E-state index contributed by atoms with van der Waals surface area (Å²) in [5, 5.41) is 5.96. The Morgan fingerprint density at radius 3 is 2.10 bits per heavy atom. The molecule has 0 spiro atoms. The maximum atomic E-state index is 5.08. The molecule has 3 heteroatoms. The van der Waals surface area contributed by atoms with Gasteiger partial charge in [0.15, 0.2) is 5.65 Å². The molecule has 5 aromatic rings. The fourth-order valence-corrected chi connectivity index (χ4v) is 3.94. The summed E-state index contributed by atoms with van der Waals surface area (Å²) in [6.07, 6.45) is 1.03. The average Bonchev–Trinajstić information content (AvgIpc) is 3.16. The number of aromatic nitrogens is 3. The van der Waals surface area contributed by atoms with Crippen molar-refractivity contribution < 1.29 is 0 Å². The third-order valence-corrected chi connectivity index (χ3v) is 5.56. The third kappa shape index (κ3) is 3.18. The fraction of sp³-hybridized carbons (Fsp3) is 0.111. The van der Waals surface area contributed by atoms with E-state index >= 15 is 0 Å². The van der Waals surface area contributed by atoms with E-state index in [0.717, 1.165) is 45.7 Å². The number of pyridine rings is 1. The lowest BCUT2D eigenvalue weighted by Crippen LogP contribution is -1.98. The molecule has 30 heavy (non-hydrogen) atoms. The molecule has 0 radical (unpaired) electrons. The number of aryl methyl sites for hydroxylation is 2. The van der Waals surface area contributed by atoms with Crippen LogP contribution in [0.1, 0.15) is 18.2 Å². The van der Waals surface area contributed by atoms with Gasteiger partial charge in [-0.1, -0.05) is 79.7 Å². The van der Waals surface area contributed by atoms with Crippen LogP contribution in [0, 0.1) is 6.92 Å². The summed E-state index contributed by atoms with van der Waals surface area (Å²) in [4.78, 5) is 5.08. The number of nitrogens with zero attached hydrogens (tertiary/aromatic N) is 3. The highest BCUT2D eigenvalue weighted by atomic mass is 15.3. The predicted octanol–water partition coefficient (Wildman–Crippen LogP) is 6.63. The molecule has 5 rings (SSSR count). The van der Waals surface area contributed by atoms with E-state index in [-0.39, 0.29) is 0 Å². The van der Waals surface area contributed by atoms with Crippen molar-refractivity contribution in [2.45, 2.75) is 20.3 Å². The van der Waals surface area contributed by atoms with E-state index in [1.165, 1.54) is 11.1 Å². The van der Waals surface area contributed by atoms with Crippen molar-refractivity contribution in [2.24, 2.45) is 0 Å². The lowest BCUT2D eigenvalue weighted by Gasteiger charge is -2.10. The van der Waals surface area contributed by atoms with Crippen LogP contribution in [-0.2, 0) is 6.42 Å². The number of hydrogen-bond donors (Lipinski definition) is 0. The quantitative estimate of drug-likeness (QED) is 0.345. The molecule has 0 N–H and O–H groups in total. The van der Waals surface area contributed by atoms with Gasteiger partial charge in [-0.3, -0.25) is 0 Å². The molecule has 0 saturated heterocycles. The van der Waals surface area contributed by atoms with Gasteiger partial charge in [-0.25, -0.2) is 9.67 Å². The zero-order valence-corrected chi connectivity index (χ0v) is 17.2. The van der Waals surface area contributed by atoms with Crippen molar-refractivity contribution in [3.8, 4) is 28.1 Å². The molecule has 2 aromatic heterocycles. The standard InChI is InChI=1S/C27H23N3/c1-3-20-14-16-22(17-15-20)25-18-24(21-10-6-4-7-11-21)26-19(2)29-30(27(26)28-25)23-12-8-5-9-13-23/h4-18H,3H2,1-2H3. The summed E-state index contributed by atoms with van der Waals surface area (Å²) < 4.78 is 1.96. The molecule has 2 heterocycles. The van der Waals surface area contributed by atoms with Crippen LogP contribution in [0.4, 0.5) is 0 Å². The average molecular weight is 390 g/mol. The third-order valence-electron chi connectivity index (χ3n) is 5.56. The van der Waals surface area contributed by atoms with Gasteiger partial charge in [0, 0.05) is 5.56 Å². The number of para-hydroxylation sites is 1. The Balaban J connectivity index is 1.81. The van der Waals surface area contributed by atoms with Gasteiger partial charge in [-0.2, -0.15) is 5.10 Å². The first kappa shape index (κ1) is 18.3. The highest BCUT2D eigenvalue weighted by Gasteiger charge is 2.17. The van der Waals surface area contributed by atoms with Crippen molar-refractivity contribution in [3.05, 3.63) is 102 Å². The summed E-state index contributed by atoms with van der Waals surface area (Å²) in [5.41, 5.74) is 8.62. The van der Waals surface area contributed by atoms with Crippen LogP contribution in [-0.4, -0.2) is 14.8 Å². The van der Waals surface area contributed by atoms with Gasteiger partial charge in [0.1, 0.15) is 0 Å². The maximum absolute atomic E-state index is 5.08. The molecule has 0 unspecified atom stereocenters. The Kier molecular flexibility index (Phi) is 4.64. The number of benzene rings is 3. The van der Waals surface area contributed by atoms with E-state index < -0.39 is 0 Å². The normalized spacial score (nSPS) is 11.1. The molecule has 0 aliphatic carbocycles. The van der Waals surface area contributed by atoms with Crippen LogP contribution in [0.25, 0.3) is 39.1 Å². The van der Waals surface area contributed by atoms with E-state index in [0.29, 0.717) is 0 Å². The zero-order chi connectivity index (χ0) is 20.5. The Labute approximate surface area is 176 Å². The van der Waals surface area contributed by atoms with Gasteiger partial charge in [-0.15, -0.1) is 0 Å². The van der Waals surface area contributed by atoms with Crippen molar-refractivity contribution in [1.82, 2.24) is 14.8 Å². The monoisotopic (exact) mass is 389 g/mol. The largest absolute Gasteiger partial charge is 0.228 e. The van der Waals surface area contributed by atoms with Crippen LogP contribution in [0.3, 0.4) is 0 Å². The first-order chi connectivity index (χ1) is 14.7. The molecule has 0 saturated carbocycles. The van der Waals surface area contributed by atoms with Crippen molar-refractivity contribution in [3.63, 3.8) is 0 Å². The molecular formula is C27H23N3. The molecule has 3 aromatic carbocycles. The summed E-state index contributed by atoms with van der Waals surface area (Å²) in [5.74, 6) is 0. The van der Waals surface area contributed by atoms with Crippen LogP contribution in [0.15, 0.2) is 91.0 Å². The topological polar surface area (TPSA) is 30.7 Å². The van der Waals surface area contributed by atoms with Gasteiger partial charge in [0.2, 0.25) is 0 Å². The Bertz CT molecular complexity index is 1300. The van der Waals surface area contributed by atoms with Crippen LogP contribution < -0.4 is 0 Å². The summed E-state index contributed by atoms with van der Waals surface area (Å²) >= 11 is 0. The smallest absolute Gasteiger partial charge is 0.164 e. The molecule has 0 bridgehead atoms. The second-order valence-corrected chi connectivity index (χ2v) is 7.50. The van der Waals surface area contributed by atoms with E-state index in [9.17, 15) is 0 Å². The van der Waals surface area contributed by atoms with Gasteiger partial charge < -0.3 is 0 Å². The first-order valence-corrected chi connectivity index (χ1v) is 10.3. The van der Waals surface area contributed by atoms with Crippen LogP contribution >= 0.6 is 0 Å². The number of rotatable bonds is 4. The fourth-order valence-electron chi connectivity index (χ4n) is 3.94. The lowest BCUT2D eigenvalue weighted by molar-refractivity contribution is 0.878. The lowest BCUT2D eigenvalue weighted by atomic mass is 9.99. The van der Waals surface area contributed by atoms with Gasteiger partial charge in [0.25, 0.3) is 0 Å². The second kappa shape index (κ2) is 7.60. The molecule has 0 aliphatic heterocycles. The predicted molar refractivity (Wildman–Crippen MR) is 124 cm³/mol. The molecular weight excluding hydrogens is 366 g/mol. The second-order valence-electron chi connectivity index (χ2n) is 7.50. The molecule has 3 nitrogen and oxygen atoms in total. The maximum Gasteiger partial charge on any atom is 0.164 e. The van der Waals surface area contributed by atoms with E-state index in [1.807, 2.05) is 28.9 Å². The zero-order valence-electron chi connectivity index (χ0n) is 17.2. The van der Waals surface area contributed by atoms with Gasteiger partial charge >= 0.3 is 0 Å². The minimum Gasteiger partial charge on any atom is -0.228 e. The minimum absolute atomic E-state index is 0.884. The summed E-state index contributed by atoms with van der Waals surface area (Å²) in [6, 6.07) is 31.6. The number of fused-ring (bicyclic) bond motifs is 1. The molecule has 0 atom stereocenters. The Hall–Kier alpha value is -3.72. The van der Waals surface area contributed by atoms with Crippen molar-refractivity contribution in [2.75, 3.05) is 0 Å². The summed E-state index contributed by atoms with van der Waals surface area (Å²) in [7, 11) is 0. The Morgan fingerprint density at radius 2 is 1.43 bits per heavy atom. The highest BCUT2D eigenvalue weighted by molar-refractivity contribution is 5.97. The number of hydrogen-bond acceptors (Lipinski definition) is 2. The van der Waals surface area contributed by atoms with E-state index in [2.05, 4.69) is 80.6 Å². The Morgan fingerprint density at radius 1 is 0.767 bits per heavy atom. The minimum atomic E-state index is 0.884. The van der Waals surface area contributed by atoms with E-state index in [4.69, 9.17) is 10.1 Å². The molecule has 0 fully saturated rings. The van der Waals surface area contributed by atoms with Gasteiger partial charge in [0.05, 0.1) is 22.5 Å². The van der Waals surface area contributed by atoms with Crippen molar-refractivity contribution in [1.29, 1.82) is 0 Å². The molecule has 0 amide bonds. The van der Waals surface area contributed by atoms with Crippen molar-refractivity contribution >= 4 is 11.0 Å². The molecule has 146 valence electrons.